The zero-order valence-corrected chi connectivity index (χ0v) is 86.3. The van der Waals surface area contributed by atoms with Crippen molar-refractivity contribution in [2.45, 2.75) is 404 Å². The molecule has 42 heteroatoms. The van der Waals surface area contributed by atoms with Crippen LogP contribution >= 0.6 is 0 Å². The molecule has 0 saturated carbocycles. The highest BCUT2D eigenvalue weighted by Crippen LogP contribution is 2.42. The van der Waals surface area contributed by atoms with E-state index in [0.717, 1.165) is 9.80 Å². The first-order valence-corrected chi connectivity index (χ1v) is 52.1. The van der Waals surface area contributed by atoms with Crippen molar-refractivity contribution in [1.29, 1.82) is 0 Å². The first-order chi connectivity index (χ1) is 71.0. The molecular formula is C108H162N4O38. The fourth-order valence-corrected chi connectivity index (χ4v) is 19.7. The number of allylic oxidation sites excluding steroid dienone is 24. The highest BCUT2D eigenvalue weighted by Gasteiger charge is 2.56. The number of hydrogen-bond donors (Lipinski definition) is 24. The van der Waals surface area contributed by atoms with Gasteiger partial charge in [-0.15, -0.1) is 0 Å². The van der Waals surface area contributed by atoms with Crippen LogP contribution in [0, 0.1) is 35.5 Å². The number of unbranched alkanes of at least 4 members (excludes halogenated alkanes) is 3. The quantitative estimate of drug-likeness (QED) is 0.0557. The largest absolute Gasteiger partial charge is 0.481 e. The number of carbonyl (C=O) groups is 8. The number of imide groups is 2. The summed E-state index contributed by atoms with van der Waals surface area (Å²) in [6.07, 6.45) is -1.20. The number of ether oxygens (including phenoxy) is 8. The number of amides is 4. The first kappa shape index (κ1) is 127. The number of hydrogen-bond acceptors (Lipinski definition) is 38. The Morgan fingerprint density at radius 1 is 0.340 bits per heavy atom. The average Bonchev–Trinajstić information content (AvgIpc) is 1.35. The molecule has 0 spiro atoms. The third-order valence-electron chi connectivity index (χ3n) is 28.7. The van der Waals surface area contributed by atoms with Crippen LogP contribution < -0.4 is 10.6 Å². The molecule has 42 nitrogen and oxygen atoms in total. The van der Waals surface area contributed by atoms with Crippen LogP contribution in [0.2, 0.25) is 0 Å². The van der Waals surface area contributed by atoms with E-state index in [4.69, 9.17) is 37.9 Å². The van der Waals surface area contributed by atoms with Crippen molar-refractivity contribution in [3.63, 3.8) is 0 Å². The summed E-state index contributed by atoms with van der Waals surface area (Å²) in [6.45, 7) is 12.9. The van der Waals surface area contributed by atoms with E-state index in [9.17, 15) is 151 Å². The zero-order valence-electron chi connectivity index (χ0n) is 86.3. The van der Waals surface area contributed by atoms with Crippen molar-refractivity contribution in [3.8, 4) is 0 Å². The summed E-state index contributed by atoms with van der Waals surface area (Å²) in [6, 6.07) is -5.50. The van der Waals surface area contributed by atoms with Crippen LogP contribution in [0.5, 0.6) is 0 Å². The van der Waals surface area contributed by atoms with E-state index in [2.05, 4.69) is 10.6 Å². The number of nitrogens with one attached hydrogen (secondary N) is 2. The van der Waals surface area contributed by atoms with Gasteiger partial charge in [-0.2, -0.15) is 0 Å². The molecule has 6 fully saturated rings. The van der Waals surface area contributed by atoms with Crippen molar-refractivity contribution >= 4 is 47.5 Å². The Kier molecular flexibility index (Phi) is 52.5. The number of nitrogens with zero attached hydrogens (tertiary/aromatic N) is 2. The number of esters is 2. The SMILES string of the molecule is C[C@@H]1[C@H](O)[C@@H](C)C=CC=CC=CC=CC=CC=CC=C[C@H](O[C@@H]2O[C@H](C)[C@@H](O)[C@H](NC3CC(=O)N(CCCCCCN4C(=O)CC(N[C@@H]5[C@H](O)[C@H](O[C@H]6C=CC=CC=CC=CC=CC=CC=C[C@H](C)[C@@H](O)[C@@H](C)[C@H](C)OC(=O)C[C@H](O)C[C@H](O)CC[C@@H](O)[C@H](O)C[C@H](O)C[C@]7(O)C[C@H](O)[C@@H](C(=O)O)[C@H](C6)O7)O[C@H](C)[C@H]5O)C4=O)C3=O)[C@@H]2O)C[C@@H]2O[C@](O)(C[C@@H](O)C[C@@H](O)[C@H](O)CC[C@@H](O)C[C@@H](O)CC(=O)O[C@H]1C)C[C@H](O)[C@H]2C(=O)O. The Balaban J connectivity index is 0.893. The first-order valence-electron chi connectivity index (χ1n) is 52.1. The standard InChI is InChI=1S/C108H162N4O38/c1-61-37-31-25-21-17-13-9-11-15-19-23-27-33-39-75(53-85-91(103(137)138)83(123)59-107(141,149-85)57-73(117)49-81(121)79(119)43-41-69(113)47-71(115)51-89(127)143-65(5)63(3)95(61)129)147-105-99(133)93(97(131)67(7)145-105)109-77-55-87(125)111(101(77)135)45-35-29-30-36-46-112-88(126)56-78(102(112)136)110-94-98(132)68(8)146-106(100(94)134)148-76-40-34-28-24-20-16-12-10-14-18-22-26-32-38-62(2)96(130)64(4)66(6)144-90(128)52-72(116)48-70(114)42-44-80(120)82(122)50-74(118)58-108(142)60-84(124)92(104(139)140)86(54-76)150-108/h9-28,31-34,37-40,61-86,91-100,105-106,109-110,113-124,129-134,141-142H,29-30,35-36,41-60H2,1-8H3,(H,137,138)(H,139,140)/t61-,62-,63-,64-,65-,66-,67+,68+,69+,70+,71+,72+,73-,74-,75-,76-,77?,78?,79+,80+,81+,82+,83-,84-,85-,86-,91+,92+,93-,94-,95+,96+,97+,98+,99-,100-,105-,106-,107+,108+/m0/s1. The Bertz CT molecular complexity index is 4400. The van der Waals surface area contributed by atoms with Crippen molar-refractivity contribution in [3.05, 3.63) is 170 Å². The summed E-state index contributed by atoms with van der Waals surface area (Å²) in [5.41, 5.74) is 0. The minimum atomic E-state index is -2.50. The lowest BCUT2D eigenvalue weighted by Crippen LogP contribution is -2.65. The summed E-state index contributed by atoms with van der Waals surface area (Å²) in [7, 11) is 0. The van der Waals surface area contributed by atoms with Crippen LogP contribution in [0.1, 0.15) is 197 Å². The second kappa shape index (κ2) is 62.2. The lowest BCUT2D eigenvalue weighted by molar-refractivity contribution is -0.310. The molecule has 4 bridgehead atoms. The normalized spacial score (nSPS) is 40.3. The topological polar surface area (TPSA) is 686 Å². The number of cyclic esters (lactones) is 2. The molecule has 4 amide bonds. The van der Waals surface area contributed by atoms with Gasteiger partial charge in [0, 0.05) is 88.1 Å². The molecule has 0 aliphatic carbocycles. The molecule has 40 atom stereocenters. The molecule has 8 aliphatic heterocycles. The molecule has 0 radical (unpaired) electrons. The molecule has 8 heterocycles. The molecule has 8 aliphatic rings. The van der Waals surface area contributed by atoms with E-state index < -0.39 is 355 Å². The van der Waals surface area contributed by atoms with Crippen molar-refractivity contribution in [2.75, 3.05) is 13.1 Å². The number of likely N-dealkylation sites (tertiary alicyclic amines) is 2. The van der Waals surface area contributed by atoms with Gasteiger partial charge in [-0.1, -0.05) is 211 Å². The third-order valence-corrected chi connectivity index (χ3v) is 28.7. The number of aliphatic carboxylic acids is 2. The molecule has 24 N–H and O–H groups in total. The Hall–Kier alpha value is -8.60. The van der Waals surface area contributed by atoms with Gasteiger partial charge < -0.3 is 150 Å². The highest BCUT2D eigenvalue weighted by atomic mass is 16.7. The van der Waals surface area contributed by atoms with Gasteiger partial charge in [0.2, 0.25) is 23.6 Å². The summed E-state index contributed by atoms with van der Waals surface area (Å²) in [4.78, 5) is 110. The zero-order chi connectivity index (χ0) is 111. The molecule has 6 saturated heterocycles. The maximum Gasteiger partial charge on any atom is 0.311 e. The van der Waals surface area contributed by atoms with E-state index in [1.165, 1.54) is 38.2 Å². The predicted molar refractivity (Wildman–Crippen MR) is 541 cm³/mol. The van der Waals surface area contributed by atoms with Gasteiger partial charge in [0.05, 0.1) is 184 Å². The smallest absolute Gasteiger partial charge is 0.311 e. The fourth-order valence-electron chi connectivity index (χ4n) is 19.7. The molecule has 0 aromatic carbocycles. The third kappa shape index (κ3) is 40.0. The molecule has 8 rings (SSSR count). The molecule has 0 aromatic rings. The van der Waals surface area contributed by atoms with Crippen molar-refractivity contribution < 1.29 is 189 Å². The Morgan fingerprint density at radius 3 is 0.960 bits per heavy atom. The summed E-state index contributed by atoms with van der Waals surface area (Å²) < 4.78 is 48.0. The summed E-state index contributed by atoms with van der Waals surface area (Å²) in [5, 5.41) is 253. The highest BCUT2D eigenvalue weighted by molar-refractivity contribution is 6.06. The molecule has 2 unspecified atom stereocenters. The van der Waals surface area contributed by atoms with E-state index in [1.54, 1.807) is 187 Å². The predicted octanol–water partition coefficient (Wildman–Crippen LogP) is 1.51. The van der Waals surface area contributed by atoms with E-state index in [0.29, 0.717) is 12.8 Å². The van der Waals surface area contributed by atoms with Gasteiger partial charge in [0.15, 0.2) is 24.2 Å². The van der Waals surface area contributed by atoms with Gasteiger partial charge in [0.25, 0.3) is 0 Å². The van der Waals surface area contributed by atoms with Gasteiger partial charge in [-0.3, -0.25) is 58.8 Å². The van der Waals surface area contributed by atoms with E-state index >= 15 is 0 Å². The average molecular weight is 2120 g/mol. The lowest BCUT2D eigenvalue weighted by atomic mass is 9.82. The minimum Gasteiger partial charge on any atom is -0.481 e. The van der Waals surface area contributed by atoms with Crippen LogP contribution in [-0.4, -0.2) is 390 Å². The number of carboxylic acids is 2. The number of rotatable bonds is 17. The van der Waals surface area contributed by atoms with Gasteiger partial charge in [-0.25, -0.2) is 0 Å². The second-order valence-corrected chi connectivity index (χ2v) is 41.1. The molecule has 842 valence electrons. The van der Waals surface area contributed by atoms with Crippen molar-refractivity contribution in [1.82, 2.24) is 20.4 Å². The molecular weight excluding hydrogens is 1960 g/mol. The minimum absolute atomic E-state index is 0.0899. The fraction of sp³-hybridized carbons (Fsp3) is 0.667. The lowest BCUT2D eigenvalue weighted by Gasteiger charge is -2.46. The van der Waals surface area contributed by atoms with Gasteiger partial charge in [-0.05, 0) is 79.1 Å². The van der Waals surface area contributed by atoms with Crippen LogP contribution in [0.15, 0.2) is 170 Å². The van der Waals surface area contributed by atoms with Crippen LogP contribution in [-0.2, 0) is 76.3 Å². The number of fused-ring (bicyclic) bond motifs is 4. The summed E-state index contributed by atoms with van der Waals surface area (Å²) >= 11 is 0. The number of carbonyl (C=O) groups excluding carboxylic acids is 6. The molecule has 0 aromatic heterocycles. The van der Waals surface area contributed by atoms with Crippen LogP contribution in [0.25, 0.3) is 0 Å². The van der Waals surface area contributed by atoms with Crippen LogP contribution in [0.4, 0.5) is 0 Å². The summed E-state index contributed by atoms with van der Waals surface area (Å²) in [5.74, 6) is -17.6. The second-order valence-electron chi connectivity index (χ2n) is 41.1. The number of aliphatic hydroxyl groups is 20. The van der Waals surface area contributed by atoms with Gasteiger partial charge >= 0.3 is 23.9 Å². The van der Waals surface area contributed by atoms with E-state index in [1.807, 2.05) is 0 Å². The number of carboxylic acid groups (broad SMARTS) is 2. The monoisotopic (exact) mass is 2120 g/mol. The maximum atomic E-state index is 14.2. The van der Waals surface area contributed by atoms with Crippen molar-refractivity contribution in [2.24, 2.45) is 35.5 Å². The molecule has 150 heavy (non-hydrogen) atoms. The maximum absolute atomic E-state index is 14.2. The van der Waals surface area contributed by atoms with E-state index in [-0.39, 0.29) is 76.3 Å². The van der Waals surface area contributed by atoms with Crippen LogP contribution in [0.3, 0.4) is 0 Å². The Morgan fingerprint density at radius 2 is 0.647 bits per heavy atom. The number of aliphatic hydroxyl groups excluding tert-OH is 18. The van der Waals surface area contributed by atoms with Gasteiger partial charge in [0.1, 0.15) is 36.3 Å². The Labute approximate surface area is 874 Å².